The van der Waals surface area contributed by atoms with Crippen molar-refractivity contribution in [3.05, 3.63) is 54.6 Å². The van der Waals surface area contributed by atoms with Gasteiger partial charge in [-0.05, 0) is 42.2 Å². The highest BCUT2D eigenvalue weighted by Crippen LogP contribution is 2.23. The Hall–Kier alpha value is -1.50. The number of hydrogen-bond acceptors (Lipinski definition) is 1. The van der Waals surface area contributed by atoms with Gasteiger partial charge in [0.15, 0.2) is 0 Å². The molecule has 13 heavy (non-hydrogen) atoms. The largest absolute Gasteiger partial charge is 0.507 e. The van der Waals surface area contributed by atoms with Gasteiger partial charge in [-0.1, -0.05) is 12.2 Å². The Bertz CT molecular complexity index is 285. The van der Waals surface area contributed by atoms with Gasteiger partial charge in [0.1, 0.15) is 5.75 Å². The highest BCUT2D eigenvalue weighted by Gasteiger charge is 2.03. The molecular weight excluding hydrogens is 160 g/mol. The first-order chi connectivity index (χ1) is 6.29. The van der Waals surface area contributed by atoms with E-state index < -0.39 is 0 Å². The Morgan fingerprint density at radius 1 is 1.15 bits per heavy atom. The van der Waals surface area contributed by atoms with Crippen molar-refractivity contribution in [1.29, 1.82) is 0 Å². The van der Waals surface area contributed by atoms with Gasteiger partial charge >= 0.3 is 0 Å². The number of hydrogen-bond donors (Lipinski definition) is 1. The van der Waals surface area contributed by atoms with Crippen molar-refractivity contribution >= 4 is 0 Å². The predicted octanol–water partition coefficient (Wildman–Crippen LogP) is 2.65. The second kappa shape index (κ2) is 4.51. The third-order valence-corrected chi connectivity index (χ3v) is 1.85. The molecular formula is C12H13O. The van der Waals surface area contributed by atoms with Crippen LogP contribution in [0.15, 0.2) is 37.4 Å². The van der Waals surface area contributed by atoms with Crippen LogP contribution in [-0.2, 0) is 12.8 Å². The molecule has 1 N–H and O–H groups in total. The minimum atomic E-state index is 0.346. The van der Waals surface area contributed by atoms with Gasteiger partial charge in [0.25, 0.3) is 0 Å². The summed E-state index contributed by atoms with van der Waals surface area (Å²) in [5, 5.41) is 9.74. The van der Waals surface area contributed by atoms with Gasteiger partial charge in [0.2, 0.25) is 0 Å². The Morgan fingerprint density at radius 2 is 1.62 bits per heavy atom. The van der Waals surface area contributed by atoms with Crippen LogP contribution in [-0.4, -0.2) is 5.11 Å². The number of allylic oxidation sites excluding steroid dienone is 2. The molecule has 0 aliphatic heterocycles. The minimum absolute atomic E-state index is 0.346. The van der Waals surface area contributed by atoms with E-state index in [1.807, 2.05) is 0 Å². The molecule has 0 saturated heterocycles. The number of phenols is 1. The number of rotatable bonds is 4. The maximum absolute atomic E-state index is 9.74. The maximum Gasteiger partial charge on any atom is 0.122 e. The molecule has 67 valence electrons. The Kier molecular flexibility index (Phi) is 3.32. The van der Waals surface area contributed by atoms with Crippen LogP contribution in [0.1, 0.15) is 11.1 Å². The van der Waals surface area contributed by atoms with Crippen molar-refractivity contribution in [2.75, 3.05) is 0 Å². The van der Waals surface area contributed by atoms with Crippen molar-refractivity contribution in [3.8, 4) is 5.75 Å². The summed E-state index contributed by atoms with van der Waals surface area (Å²) < 4.78 is 0. The van der Waals surface area contributed by atoms with Crippen LogP contribution < -0.4 is 0 Å². The lowest BCUT2D eigenvalue weighted by atomic mass is 10.0. The van der Waals surface area contributed by atoms with Crippen LogP contribution in [0.2, 0.25) is 0 Å². The van der Waals surface area contributed by atoms with Crippen LogP contribution in [0, 0.1) is 6.07 Å². The van der Waals surface area contributed by atoms with Gasteiger partial charge in [-0.3, -0.25) is 0 Å². The third-order valence-electron chi connectivity index (χ3n) is 1.85. The zero-order valence-electron chi connectivity index (χ0n) is 7.59. The van der Waals surface area contributed by atoms with E-state index in [0.29, 0.717) is 18.6 Å². The van der Waals surface area contributed by atoms with Crippen LogP contribution in [0.4, 0.5) is 0 Å². The van der Waals surface area contributed by atoms with E-state index >= 15 is 0 Å². The molecule has 1 aromatic carbocycles. The van der Waals surface area contributed by atoms with E-state index in [0.717, 1.165) is 11.1 Å². The number of aromatic hydroxyl groups is 1. The summed E-state index contributed by atoms with van der Waals surface area (Å²) in [4.78, 5) is 0. The Labute approximate surface area is 79.0 Å². The summed E-state index contributed by atoms with van der Waals surface area (Å²) in [5.41, 5.74) is 1.74. The van der Waals surface area contributed by atoms with Crippen LogP contribution in [0.5, 0.6) is 5.75 Å². The van der Waals surface area contributed by atoms with E-state index in [1.54, 1.807) is 24.3 Å². The molecule has 0 amide bonds. The molecule has 0 fully saturated rings. The van der Waals surface area contributed by atoms with Crippen molar-refractivity contribution in [1.82, 2.24) is 0 Å². The van der Waals surface area contributed by atoms with E-state index in [2.05, 4.69) is 19.2 Å². The number of benzene rings is 1. The normalized spacial score (nSPS) is 9.54. The van der Waals surface area contributed by atoms with Gasteiger partial charge in [-0.2, -0.15) is 0 Å². The van der Waals surface area contributed by atoms with E-state index in [9.17, 15) is 5.11 Å². The minimum Gasteiger partial charge on any atom is -0.507 e. The lowest BCUT2D eigenvalue weighted by molar-refractivity contribution is 0.464. The van der Waals surface area contributed by atoms with Gasteiger partial charge in [0, 0.05) is 0 Å². The van der Waals surface area contributed by atoms with Gasteiger partial charge in [-0.25, -0.2) is 0 Å². The molecule has 1 aromatic rings. The van der Waals surface area contributed by atoms with Gasteiger partial charge < -0.3 is 5.11 Å². The summed E-state index contributed by atoms with van der Waals surface area (Å²) >= 11 is 0. The SMILES string of the molecule is C=CCc1c[c]cc(CC=C)c1O. The maximum atomic E-state index is 9.74. The molecule has 1 heteroatoms. The molecule has 0 aliphatic rings. The number of phenolic OH excluding ortho intramolecular Hbond substituents is 1. The quantitative estimate of drug-likeness (QED) is 0.694. The fraction of sp³-hybridized carbons (Fsp3) is 0.167. The lowest BCUT2D eigenvalue weighted by Gasteiger charge is -2.05. The predicted molar refractivity (Wildman–Crippen MR) is 54.7 cm³/mol. The summed E-state index contributed by atoms with van der Waals surface area (Å²) in [6, 6.07) is 6.55. The molecule has 0 spiro atoms. The second-order valence-electron chi connectivity index (χ2n) is 2.84. The molecule has 1 nitrogen and oxygen atoms in total. The average molecular weight is 173 g/mol. The van der Waals surface area contributed by atoms with Gasteiger partial charge in [-0.15, -0.1) is 13.2 Å². The fourth-order valence-electron chi connectivity index (χ4n) is 1.21. The van der Waals surface area contributed by atoms with E-state index in [1.165, 1.54) is 0 Å². The molecule has 1 rings (SSSR count). The first-order valence-electron chi connectivity index (χ1n) is 4.22. The average Bonchev–Trinajstić information content (AvgIpc) is 2.13. The summed E-state index contributed by atoms with van der Waals surface area (Å²) in [6.07, 6.45) is 4.88. The highest BCUT2D eigenvalue weighted by atomic mass is 16.3. The van der Waals surface area contributed by atoms with Crippen molar-refractivity contribution in [2.24, 2.45) is 0 Å². The lowest BCUT2D eigenvalue weighted by Crippen LogP contribution is -1.88. The molecule has 1 radical (unpaired) electrons. The molecule has 0 saturated carbocycles. The molecule has 0 atom stereocenters. The van der Waals surface area contributed by atoms with Crippen LogP contribution in [0.3, 0.4) is 0 Å². The zero-order chi connectivity index (χ0) is 9.68. The molecule has 0 aliphatic carbocycles. The zero-order valence-corrected chi connectivity index (χ0v) is 7.59. The first kappa shape index (κ1) is 9.59. The van der Waals surface area contributed by atoms with Crippen molar-refractivity contribution in [2.45, 2.75) is 12.8 Å². The van der Waals surface area contributed by atoms with E-state index in [4.69, 9.17) is 0 Å². The second-order valence-corrected chi connectivity index (χ2v) is 2.84. The van der Waals surface area contributed by atoms with Crippen molar-refractivity contribution < 1.29 is 5.11 Å². The molecule has 0 bridgehead atoms. The molecule has 0 aromatic heterocycles. The molecule has 0 heterocycles. The summed E-state index contributed by atoms with van der Waals surface area (Å²) in [5.74, 6) is 0.346. The highest BCUT2D eigenvalue weighted by molar-refractivity contribution is 5.41. The summed E-state index contributed by atoms with van der Waals surface area (Å²) in [7, 11) is 0. The molecule has 0 unspecified atom stereocenters. The first-order valence-corrected chi connectivity index (χ1v) is 4.22. The van der Waals surface area contributed by atoms with Crippen LogP contribution in [0.25, 0.3) is 0 Å². The fourth-order valence-corrected chi connectivity index (χ4v) is 1.21. The smallest absolute Gasteiger partial charge is 0.122 e. The van der Waals surface area contributed by atoms with Crippen molar-refractivity contribution in [3.63, 3.8) is 0 Å². The summed E-state index contributed by atoms with van der Waals surface area (Å²) in [6.45, 7) is 7.26. The van der Waals surface area contributed by atoms with Gasteiger partial charge in [0.05, 0.1) is 0 Å². The van der Waals surface area contributed by atoms with Crippen LogP contribution >= 0.6 is 0 Å². The Morgan fingerprint density at radius 3 is 2.00 bits per heavy atom. The Balaban J connectivity index is 3.02. The van der Waals surface area contributed by atoms with E-state index in [-0.39, 0.29) is 0 Å². The third kappa shape index (κ3) is 2.22. The monoisotopic (exact) mass is 173 g/mol. The standard InChI is InChI=1S/C12H13O/c1-3-6-10-8-5-9-11(7-4-2)12(10)13/h3-4,8-9,13H,1-2,6-7H2. The topological polar surface area (TPSA) is 20.2 Å².